The summed E-state index contributed by atoms with van der Waals surface area (Å²) in [7, 11) is 0. The molecule has 2 unspecified atom stereocenters. The van der Waals surface area contributed by atoms with Crippen molar-refractivity contribution in [2.45, 2.75) is 95.2 Å². The fourth-order valence-corrected chi connectivity index (χ4v) is 10.8. The second-order valence-electron chi connectivity index (χ2n) is 17.8. The number of fused-ring (bicyclic) bond motifs is 1. The monoisotopic (exact) mass is 819 g/mol. The third-order valence-electron chi connectivity index (χ3n) is 14.1. The minimum absolute atomic E-state index is 0.0474. The van der Waals surface area contributed by atoms with Gasteiger partial charge in [0.25, 0.3) is 5.91 Å². The van der Waals surface area contributed by atoms with Crippen molar-refractivity contribution in [1.82, 2.24) is 25.1 Å². The van der Waals surface area contributed by atoms with Gasteiger partial charge in [0.2, 0.25) is 17.5 Å². The van der Waals surface area contributed by atoms with E-state index in [0.29, 0.717) is 45.2 Å². The summed E-state index contributed by atoms with van der Waals surface area (Å²) in [5.41, 5.74) is 2.88. The number of anilines is 1. The molecule has 2 saturated carbocycles. The number of hydrogen-bond acceptors (Lipinski definition) is 9. The molecular formula is C45H50ClN7O6. The number of nitrogens with one attached hydrogen (secondary N) is 2. The molecule has 3 aromatic rings. The maximum absolute atomic E-state index is 13.4. The van der Waals surface area contributed by atoms with E-state index >= 15 is 0 Å². The van der Waals surface area contributed by atoms with Gasteiger partial charge < -0.3 is 24.4 Å². The first-order chi connectivity index (χ1) is 28.5. The molecule has 0 bridgehead atoms. The Morgan fingerprint density at radius 2 is 1.68 bits per heavy atom. The number of rotatable bonds is 9. The fourth-order valence-electron chi connectivity index (χ4n) is 10.5. The van der Waals surface area contributed by atoms with Crippen LogP contribution in [0.5, 0.6) is 5.75 Å². The molecule has 59 heavy (non-hydrogen) atoms. The molecule has 3 aliphatic heterocycles. The summed E-state index contributed by atoms with van der Waals surface area (Å²) in [6.07, 6.45) is 14.2. The summed E-state index contributed by atoms with van der Waals surface area (Å²) in [5, 5.41) is 5.87. The van der Waals surface area contributed by atoms with E-state index < -0.39 is 17.7 Å². The molecular weight excluding hydrogens is 770 g/mol. The Hall–Kier alpha value is -5.06. The number of ether oxygens (including phenoxy) is 1. The molecule has 2 atom stereocenters. The van der Waals surface area contributed by atoms with Crippen molar-refractivity contribution in [1.29, 1.82) is 0 Å². The van der Waals surface area contributed by atoms with Crippen molar-refractivity contribution < 1.29 is 28.7 Å². The Morgan fingerprint density at radius 3 is 2.39 bits per heavy atom. The highest BCUT2D eigenvalue weighted by molar-refractivity contribution is 6.33. The van der Waals surface area contributed by atoms with Crippen LogP contribution in [0.15, 0.2) is 48.9 Å². The molecule has 0 radical (unpaired) electrons. The molecule has 13 nitrogen and oxygen atoms in total. The minimum atomic E-state index is -1.04. The molecule has 14 heteroatoms. The van der Waals surface area contributed by atoms with Crippen molar-refractivity contribution in [3.63, 3.8) is 0 Å². The lowest BCUT2D eigenvalue weighted by atomic mass is 9.71. The van der Waals surface area contributed by atoms with Gasteiger partial charge in [-0.2, -0.15) is 0 Å². The van der Waals surface area contributed by atoms with Crippen molar-refractivity contribution in [2.75, 3.05) is 37.6 Å². The highest BCUT2D eigenvalue weighted by atomic mass is 35.5. The largest absolute Gasteiger partial charge is 0.490 e. The number of benzene rings is 2. The van der Waals surface area contributed by atoms with Gasteiger partial charge in [-0.05, 0) is 120 Å². The predicted octanol–water partition coefficient (Wildman–Crippen LogP) is 6.59. The van der Waals surface area contributed by atoms with Crippen molar-refractivity contribution in [3.05, 3.63) is 82.2 Å². The molecule has 1 aromatic heterocycles. The number of carbonyl (C=O) groups is 5. The van der Waals surface area contributed by atoms with Crippen molar-refractivity contribution >= 4 is 52.3 Å². The second kappa shape index (κ2) is 16.2. The van der Waals surface area contributed by atoms with Crippen LogP contribution in [0.25, 0.3) is 4.85 Å². The third-order valence-corrected chi connectivity index (χ3v) is 14.4. The number of ketones is 2. The van der Waals surface area contributed by atoms with E-state index in [0.717, 1.165) is 103 Å². The molecule has 6 aliphatic rings. The van der Waals surface area contributed by atoms with Crippen LogP contribution >= 0.6 is 11.6 Å². The van der Waals surface area contributed by atoms with Gasteiger partial charge in [-0.3, -0.25) is 29.3 Å². The van der Waals surface area contributed by atoms with Crippen molar-refractivity contribution in [3.8, 4) is 5.75 Å². The van der Waals surface area contributed by atoms with Gasteiger partial charge in [0.1, 0.15) is 11.4 Å². The number of carbonyl (C=O) groups excluding carboxylic acids is 5. The average Bonchev–Trinajstić information content (AvgIpc) is 3.81. The Balaban J connectivity index is 0.687. The number of aromatic nitrogens is 2. The zero-order valence-electron chi connectivity index (χ0n) is 33.2. The van der Waals surface area contributed by atoms with E-state index in [1.807, 2.05) is 24.7 Å². The van der Waals surface area contributed by atoms with Gasteiger partial charge in [-0.25, -0.2) is 9.83 Å². The van der Waals surface area contributed by atoms with Crippen LogP contribution < -0.4 is 20.3 Å². The molecule has 2 N–H and O–H groups in total. The number of nitrogens with zero attached hydrogens (tertiary/aromatic N) is 5. The van der Waals surface area contributed by atoms with Crippen LogP contribution in [0.2, 0.25) is 5.02 Å². The van der Waals surface area contributed by atoms with E-state index in [9.17, 15) is 24.0 Å². The molecule has 3 amide bonds. The lowest BCUT2D eigenvalue weighted by molar-refractivity contribution is -0.137. The summed E-state index contributed by atoms with van der Waals surface area (Å²) in [5.74, 6) is -2.13. The quantitative estimate of drug-likeness (QED) is 0.139. The van der Waals surface area contributed by atoms with Crippen molar-refractivity contribution in [2.24, 2.45) is 23.2 Å². The molecule has 9 rings (SSSR count). The van der Waals surface area contributed by atoms with Crippen LogP contribution in [0.1, 0.15) is 114 Å². The first-order valence-electron chi connectivity index (χ1n) is 21.3. The maximum atomic E-state index is 13.4. The van der Waals surface area contributed by atoms with Crippen LogP contribution in [-0.2, 0) is 9.59 Å². The molecule has 3 aliphatic carbocycles. The third kappa shape index (κ3) is 8.01. The van der Waals surface area contributed by atoms with Gasteiger partial charge in [0.05, 0.1) is 35.9 Å². The fraction of sp³-hybridized carbons (Fsp3) is 0.533. The normalized spacial score (nSPS) is 28.1. The summed E-state index contributed by atoms with van der Waals surface area (Å²) in [6, 6.07) is 11.1. The first-order valence-corrected chi connectivity index (χ1v) is 21.6. The standard InChI is InChI=1S/C45H50ClN7O6/c1-47-37-14-11-32(21-36(37)46)59-31-9-4-28(5-10-31)49-44(58)38-23-52(26-48-38)29-6-2-27(3-7-29)22-51-18-16-45(17-19-51)24-53(25-45)30-8-12-33-35(20-30)42(56)40(41(33)55)34-13-15-39(54)50-43(34)57/h8,11-12,14,20-21,23,26-29,31,34,40H,2-7,9-10,13,15-19,22,24-25H2,(H,49,58)(H,50,54,57). The number of amides is 3. The number of piperidine rings is 2. The van der Waals surface area contributed by atoms with Crippen LogP contribution in [0, 0.1) is 29.7 Å². The number of imide groups is 1. The zero-order chi connectivity index (χ0) is 40.8. The zero-order valence-corrected chi connectivity index (χ0v) is 33.9. The van der Waals surface area contributed by atoms with E-state index in [1.165, 1.54) is 0 Å². The predicted molar refractivity (Wildman–Crippen MR) is 220 cm³/mol. The van der Waals surface area contributed by atoms with E-state index in [-0.39, 0.29) is 53.8 Å². The summed E-state index contributed by atoms with van der Waals surface area (Å²) < 4.78 is 8.25. The molecule has 5 fully saturated rings. The summed E-state index contributed by atoms with van der Waals surface area (Å²) >= 11 is 6.17. The molecule has 4 heterocycles. The number of halogens is 1. The molecule has 2 aromatic carbocycles. The topological polar surface area (TPSA) is 147 Å². The van der Waals surface area contributed by atoms with Crippen LogP contribution in [-0.4, -0.2) is 88.6 Å². The van der Waals surface area contributed by atoms with E-state index in [1.54, 1.807) is 24.3 Å². The van der Waals surface area contributed by atoms with Gasteiger partial charge in [-0.15, -0.1) is 0 Å². The van der Waals surface area contributed by atoms with Gasteiger partial charge >= 0.3 is 0 Å². The smallest absolute Gasteiger partial charge is 0.271 e. The summed E-state index contributed by atoms with van der Waals surface area (Å²) in [4.78, 5) is 76.7. The lowest BCUT2D eigenvalue weighted by Gasteiger charge is -2.55. The number of hydrogen-bond donors (Lipinski definition) is 2. The minimum Gasteiger partial charge on any atom is -0.490 e. The average molecular weight is 820 g/mol. The number of Topliss-reactive ketones (excluding diaryl/α,β-unsaturated/α-hetero) is 2. The van der Waals surface area contributed by atoms with Gasteiger partial charge in [0, 0.05) is 66.6 Å². The Morgan fingerprint density at radius 1 is 0.932 bits per heavy atom. The summed E-state index contributed by atoms with van der Waals surface area (Å²) in [6.45, 7) is 12.3. The number of imidazole rings is 1. The highest BCUT2D eigenvalue weighted by Gasteiger charge is 2.49. The van der Waals surface area contributed by atoms with E-state index in [4.69, 9.17) is 22.9 Å². The first kappa shape index (κ1) is 39.4. The van der Waals surface area contributed by atoms with Gasteiger partial charge in [0.15, 0.2) is 11.6 Å². The SMILES string of the molecule is [C-]#[N+]c1ccc(OC2CCC(NC(=O)c3cn(C4CCC(CN5CCC6(CC5)CN(c5ccc7c(c5)C(=O)C(C5CCC(=O)NC5=O)C7=O)C6)CC4)cn3)CC2)cc1Cl. The second-order valence-corrected chi connectivity index (χ2v) is 18.2. The molecule has 308 valence electrons. The van der Waals surface area contributed by atoms with Crippen LogP contribution in [0.3, 0.4) is 0 Å². The van der Waals surface area contributed by atoms with E-state index in [2.05, 4.69) is 34.8 Å². The lowest BCUT2D eigenvalue weighted by Crippen LogP contribution is -2.60. The Kier molecular flexibility index (Phi) is 10.8. The Bertz CT molecular complexity index is 2200. The Labute approximate surface area is 349 Å². The number of likely N-dealkylation sites (tertiary alicyclic amines) is 1. The molecule has 3 saturated heterocycles. The highest BCUT2D eigenvalue weighted by Crippen LogP contribution is 2.45. The van der Waals surface area contributed by atoms with Gasteiger partial charge in [-0.1, -0.05) is 17.7 Å². The maximum Gasteiger partial charge on any atom is 0.271 e. The molecule has 1 spiro atoms. The van der Waals surface area contributed by atoms with Crippen LogP contribution in [0.4, 0.5) is 11.4 Å².